The standard InChI is InChI=1S/C18H16ClF3N2O3S/c19-15-9-4-12(18(20,21)22)11-16(15)23-28(26,27)14-7-5-13(6-8-14)24-10-2-1-3-17(24)25/h4-9,11,23H,1-3,10H2. The molecule has 1 aliphatic rings. The minimum Gasteiger partial charge on any atom is -0.312 e. The number of amides is 1. The number of hydrogen-bond donors (Lipinski definition) is 1. The van der Waals surface area contributed by atoms with Gasteiger partial charge in [-0.1, -0.05) is 11.6 Å². The zero-order valence-corrected chi connectivity index (χ0v) is 16.0. The Bertz CT molecular complexity index is 992. The van der Waals surface area contributed by atoms with Gasteiger partial charge in [0.25, 0.3) is 10.0 Å². The summed E-state index contributed by atoms with van der Waals surface area (Å²) >= 11 is 5.84. The number of halogens is 4. The average Bonchev–Trinajstić information content (AvgIpc) is 2.63. The van der Waals surface area contributed by atoms with Gasteiger partial charge in [-0.15, -0.1) is 0 Å². The lowest BCUT2D eigenvalue weighted by atomic mass is 10.1. The molecule has 1 aliphatic heterocycles. The molecular formula is C18H16ClF3N2O3S. The van der Waals surface area contributed by atoms with Crippen molar-refractivity contribution in [3.05, 3.63) is 53.1 Å². The average molecular weight is 433 g/mol. The Hall–Kier alpha value is -2.26. The molecule has 0 bridgehead atoms. The highest BCUT2D eigenvalue weighted by Crippen LogP contribution is 2.34. The first-order valence-electron chi connectivity index (χ1n) is 8.38. The second-order valence-electron chi connectivity index (χ2n) is 6.29. The van der Waals surface area contributed by atoms with Gasteiger partial charge in [-0.05, 0) is 55.3 Å². The first kappa shape index (κ1) is 20.5. The van der Waals surface area contributed by atoms with Crippen LogP contribution in [0.3, 0.4) is 0 Å². The molecule has 150 valence electrons. The van der Waals surface area contributed by atoms with Crippen molar-refractivity contribution in [2.24, 2.45) is 0 Å². The third-order valence-corrected chi connectivity index (χ3v) is 6.03. The van der Waals surface area contributed by atoms with Crippen LogP contribution in [0, 0.1) is 0 Å². The molecule has 1 fully saturated rings. The van der Waals surface area contributed by atoms with Gasteiger partial charge in [0.05, 0.1) is 21.2 Å². The highest BCUT2D eigenvalue weighted by atomic mass is 35.5. The maximum atomic E-state index is 12.9. The fraction of sp³-hybridized carbons (Fsp3) is 0.278. The number of sulfonamides is 1. The SMILES string of the molecule is O=C1CCCCN1c1ccc(S(=O)(=O)Nc2cc(C(F)(F)F)ccc2Cl)cc1. The van der Waals surface area contributed by atoms with Crippen molar-refractivity contribution in [3.8, 4) is 0 Å². The minimum absolute atomic E-state index is 0.0317. The largest absolute Gasteiger partial charge is 0.416 e. The summed E-state index contributed by atoms with van der Waals surface area (Å²) < 4.78 is 65.7. The van der Waals surface area contributed by atoms with Crippen molar-refractivity contribution in [2.45, 2.75) is 30.3 Å². The fourth-order valence-corrected chi connectivity index (χ4v) is 4.16. The monoisotopic (exact) mass is 432 g/mol. The van der Waals surface area contributed by atoms with Crippen molar-refractivity contribution < 1.29 is 26.4 Å². The minimum atomic E-state index is -4.63. The van der Waals surface area contributed by atoms with Crippen LogP contribution in [0.4, 0.5) is 24.5 Å². The van der Waals surface area contributed by atoms with E-state index in [0.717, 1.165) is 25.0 Å². The summed E-state index contributed by atoms with van der Waals surface area (Å²) in [5.74, 6) is -0.0317. The van der Waals surface area contributed by atoms with E-state index >= 15 is 0 Å². The summed E-state index contributed by atoms with van der Waals surface area (Å²) in [6.45, 7) is 0.559. The Morgan fingerprint density at radius 2 is 1.71 bits per heavy atom. The van der Waals surface area contributed by atoms with E-state index in [0.29, 0.717) is 24.7 Å². The zero-order valence-electron chi connectivity index (χ0n) is 14.5. The number of nitrogens with zero attached hydrogens (tertiary/aromatic N) is 1. The summed E-state index contributed by atoms with van der Waals surface area (Å²) in [7, 11) is -4.16. The third kappa shape index (κ3) is 4.41. The lowest BCUT2D eigenvalue weighted by Gasteiger charge is -2.26. The van der Waals surface area contributed by atoms with E-state index in [2.05, 4.69) is 4.72 Å². The summed E-state index contributed by atoms with van der Waals surface area (Å²) in [5.41, 5.74) is -0.818. The van der Waals surface area contributed by atoms with Crippen molar-refractivity contribution in [2.75, 3.05) is 16.2 Å². The summed E-state index contributed by atoms with van der Waals surface area (Å²) in [4.78, 5) is 13.4. The summed E-state index contributed by atoms with van der Waals surface area (Å²) in [6, 6.07) is 7.96. The van der Waals surface area contributed by atoms with Gasteiger partial charge in [-0.3, -0.25) is 9.52 Å². The molecule has 1 amide bonds. The van der Waals surface area contributed by atoms with Gasteiger partial charge in [-0.25, -0.2) is 8.42 Å². The number of anilines is 2. The number of piperidine rings is 1. The Labute approximate surface area is 165 Å². The van der Waals surface area contributed by atoms with Crippen molar-refractivity contribution >= 4 is 38.9 Å². The predicted octanol–water partition coefficient (Wildman–Crippen LogP) is 4.68. The van der Waals surface area contributed by atoms with Gasteiger partial charge in [0.2, 0.25) is 5.91 Å². The number of alkyl halides is 3. The van der Waals surface area contributed by atoms with Gasteiger partial charge in [0.1, 0.15) is 0 Å². The van der Waals surface area contributed by atoms with Crippen LogP contribution >= 0.6 is 11.6 Å². The molecule has 0 radical (unpaired) electrons. The van der Waals surface area contributed by atoms with Crippen LogP contribution in [0.25, 0.3) is 0 Å². The van der Waals surface area contributed by atoms with Gasteiger partial charge in [0.15, 0.2) is 0 Å². The fourth-order valence-electron chi connectivity index (χ4n) is 2.87. The number of benzene rings is 2. The van der Waals surface area contributed by atoms with Crippen LogP contribution in [0.15, 0.2) is 47.4 Å². The molecule has 3 rings (SSSR count). The van der Waals surface area contributed by atoms with Crippen LogP contribution in [-0.4, -0.2) is 20.9 Å². The van der Waals surface area contributed by atoms with E-state index in [1.54, 1.807) is 4.90 Å². The zero-order chi connectivity index (χ0) is 20.5. The normalized spacial score (nSPS) is 15.6. The van der Waals surface area contributed by atoms with E-state index in [4.69, 9.17) is 11.6 Å². The van der Waals surface area contributed by atoms with Crippen molar-refractivity contribution in [1.29, 1.82) is 0 Å². The molecule has 0 atom stereocenters. The van der Waals surface area contributed by atoms with Crippen LogP contribution in [-0.2, 0) is 21.0 Å². The van der Waals surface area contributed by atoms with E-state index in [1.807, 2.05) is 0 Å². The maximum absolute atomic E-state index is 12.9. The quantitative estimate of drug-likeness (QED) is 0.763. The highest BCUT2D eigenvalue weighted by molar-refractivity contribution is 7.92. The molecule has 0 saturated carbocycles. The van der Waals surface area contributed by atoms with Gasteiger partial charge < -0.3 is 4.90 Å². The Morgan fingerprint density at radius 3 is 2.32 bits per heavy atom. The molecule has 0 aliphatic carbocycles. The van der Waals surface area contributed by atoms with E-state index in [-0.39, 0.29) is 21.5 Å². The second kappa shape index (κ2) is 7.63. The lowest BCUT2D eigenvalue weighted by Crippen LogP contribution is -2.35. The molecule has 28 heavy (non-hydrogen) atoms. The van der Waals surface area contributed by atoms with E-state index < -0.39 is 21.8 Å². The highest BCUT2D eigenvalue weighted by Gasteiger charge is 2.31. The topological polar surface area (TPSA) is 66.5 Å². The summed E-state index contributed by atoms with van der Waals surface area (Å²) in [5, 5.41) is -0.160. The van der Waals surface area contributed by atoms with Crippen LogP contribution in [0.2, 0.25) is 5.02 Å². The molecule has 2 aromatic carbocycles. The first-order valence-corrected chi connectivity index (χ1v) is 10.2. The van der Waals surface area contributed by atoms with Crippen molar-refractivity contribution in [1.82, 2.24) is 0 Å². The smallest absolute Gasteiger partial charge is 0.312 e. The van der Waals surface area contributed by atoms with Crippen LogP contribution < -0.4 is 9.62 Å². The number of hydrogen-bond acceptors (Lipinski definition) is 3. The van der Waals surface area contributed by atoms with Gasteiger partial charge in [-0.2, -0.15) is 13.2 Å². The van der Waals surface area contributed by atoms with Crippen LogP contribution in [0.1, 0.15) is 24.8 Å². The Kier molecular flexibility index (Phi) is 5.58. The summed E-state index contributed by atoms with van der Waals surface area (Å²) in [6.07, 6.45) is -2.51. The van der Waals surface area contributed by atoms with Gasteiger partial charge in [0, 0.05) is 18.7 Å². The molecule has 2 aromatic rings. The molecule has 0 spiro atoms. The molecule has 1 saturated heterocycles. The molecule has 5 nitrogen and oxygen atoms in total. The number of rotatable bonds is 4. The molecule has 10 heteroatoms. The van der Waals surface area contributed by atoms with Crippen molar-refractivity contribution in [3.63, 3.8) is 0 Å². The number of carbonyl (C=O) groups is 1. The van der Waals surface area contributed by atoms with E-state index in [9.17, 15) is 26.4 Å². The van der Waals surface area contributed by atoms with Crippen LogP contribution in [0.5, 0.6) is 0 Å². The third-order valence-electron chi connectivity index (χ3n) is 4.32. The Balaban J connectivity index is 1.85. The Morgan fingerprint density at radius 1 is 1.04 bits per heavy atom. The molecule has 0 aromatic heterocycles. The molecular weight excluding hydrogens is 417 g/mol. The number of carbonyl (C=O) groups excluding carboxylic acids is 1. The lowest BCUT2D eigenvalue weighted by molar-refractivity contribution is -0.137. The number of nitrogens with one attached hydrogen (secondary N) is 1. The molecule has 1 heterocycles. The van der Waals surface area contributed by atoms with Gasteiger partial charge >= 0.3 is 6.18 Å². The predicted molar refractivity (Wildman–Crippen MR) is 99.9 cm³/mol. The molecule has 0 unspecified atom stereocenters. The molecule has 1 N–H and O–H groups in total. The van der Waals surface area contributed by atoms with E-state index in [1.165, 1.54) is 24.3 Å². The first-order chi connectivity index (χ1) is 13.1. The maximum Gasteiger partial charge on any atom is 0.416 e. The second-order valence-corrected chi connectivity index (χ2v) is 8.38.